The smallest absolute Gasteiger partial charge is 0.306 e. The molecule has 45 heavy (non-hydrogen) atoms. The number of benzene rings is 1. The molecule has 0 aliphatic heterocycles. The van der Waals surface area contributed by atoms with E-state index in [4.69, 9.17) is 14.6 Å². The molecule has 1 rings (SSSR count). The van der Waals surface area contributed by atoms with Gasteiger partial charge in [-0.1, -0.05) is 73.8 Å². The highest BCUT2D eigenvalue weighted by Crippen LogP contribution is 2.26. The first-order valence-corrected chi connectivity index (χ1v) is 15.7. The zero-order valence-electron chi connectivity index (χ0n) is 27.0. The summed E-state index contributed by atoms with van der Waals surface area (Å²) in [5.74, 6) is -2.64. The first kappa shape index (κ1) is 38.9. The third kappa shape index (κ3) is 19.0. The molecular weight excluding hydrogens is 574 g/mol. The van der Waals surface area contributed by atoms with Crippen LogP contribution >= 0.6 is 0 Å². The van der Waals surface area contributed by atoms with E-state index in [0.717, 1.165) is 32.1 Å². The molecule has 0 saturated heterocycles. The number of aliphatic carboxylic acids is 1. The number of allylic oxidation sites excluding steroid dienone is 10. The Labute approximate surface area is 268 Å². The standard InChI is InChI=1S/C36H51NO8/c1-4-5-6-7-8-9-10-11-12-13-14-15-16-17-18-19-20-21-33(42)45-36(2,3)34(35(43)37-26-24-32(40)41)44-27-25-29-22-23-30(38)31(39)28-29/h5-6,8-9,11-12,14-15,17-18,22-23,28,34,38-39H,4,7,10,13,16,19-21,24-27H2,1-3H3,(H,37,43)(H,40,41)/t34-/m1/s1. The van der Waals surface area contributed by atoms with E-state index < -0.39 is 29.6 Å². The van der Waals surface area contributed by atoms with Crippen molar-refractivity contribution in [1.29, 1.82) is 0 Å². The van der Waals surface area contributed by atoms with Crippen LogP contribution < -0.4 is 5.32 Å². The number of unbranched alkanes of at least 4 members (excludes halogenated alkanes) is 1. The van der Waals surface area contributed by atoms with E-state index in [1.807, 2.05) is 6.08 Å². The summed E-state index contributed by atoms with van der Waals surface area (Å²) in [7, 11) is 0. The second-order valence-electron chi connectivity index (χ2n) is 10.9. The molecule has 9 nitrogen and oxygen atoms in total. The van der Waals surface area contributed by atoms with Gasteiger partial charge in [0.25, 0.3) is 5.91 Å². The molecule has 1 aromatic rings. The monoisotopic (exact) mass is 625 g/mol. The largest absolute Gasteiger partial charge is 0.504 e. The molecule has 4 N–H and O–H groups in total. The van der Waals surface area contributed by atoms with E-state index in [0.29, 0.717) is 24.8 Å². The number of carbonyl (C=O) groups excluding carboxylic acids is 2. The number of carboxylic acid groups (broad SMARTS) is 1. The summed E-state index contributed by atoms with van der Waals surface area (Å²) in [6, 6.07) is 4.36. The third-order valence-corrected chi connectivity index (χ3v) is 6.51. The lowest BCUT2D eigenvalue weighted by Crippen LogP contribution is -2.52. The highest BCUT2D eigenvalue weighted by atomic mass is 16.6. The Morgan fingerprint density at radius 3 is 1.98 bits per heavy atom. The Balaban J connectivity index is 2.47. The molecule has 0 aliphatic rings. The maximum atomic E-state index is 12.9. The molecule has 0 heterocycles. The molecule has 9 heteroatoms. The minimum absolute atomic E-state index is 0.0479. The summed E-state index contributed by atoms with van der Waals surface area (Å²) in [5.41, 5.74) is -0.668. The molecule has 0 bridgehead atoms. The van der Waals surface area contributed by atoms with Crippen LogP contribution in [0.25, 0.3) is 0 Å². The fourth-order valence-electron chi connectivity index (χ4n) is 4.13. The van der Waals surface area contributed by atoms with Crippen LogP contribution in [0.5, 0.6) is 11.5 Å². The van der Waals surface area contributed by atoms with E-state index in [9.17, 15) is 24.6 Å². The molecular formula is C36H51NO8. The number of ether oxygens (including phenoxy) is 2. The van der Waals surface area contributed by atoms with Gasteiger partial charge in [-0.2, -0.15) is 0 Å². The predicted octanol–water partition coefficient (Wildman–Crippen LogP) is 6.86. The zero-order chi connectivity index (χ0) is 33.3. The predicted molar refractivity (Wildman–Crippen MR) is 177 cm³/mol. The van der Waals surface area contributed by atoms with Crippen molar-refractivity contribution in [2.75, 3.05) is 13.2 Å². The second kappa shape index (κ2) is 23.3. The quantitative estimate of drug-likeness (QED) is 0.0447. The van der Waals surface area contributed by atoms with Crippen molar-refractivity contribution in [3.63, 3.8) is 0 Å². The number of aromatic hydroxyl groups is 2. The number of nitrogens with one attached hydrogen (secondary N) is 1. The number of esters is 1. The summed E-state index contributed by atoms with van der Waals surface area (Å²) < 4.78 is 11.5. The fraction of sp³-hybridized carbons (Fsp3) is 0.472. The second-order valence-corrected chi connectivity index (χ2v) is 10.9. The van der Waals surface area contributed by atoms with E-state index in [1.165, 1.54) is 12.1 Å². The molecule has 0 unspecified atom stereocenters. The lowest BCUT2D eigenvalue weighted by atomic mass is 10.00. The van der Waals surface area contributed by atoms with Gasteiger partial charge in [-0.15, -0.1) is 0 Å². The lowest BCUT2D eigenvalue weighted by Gasteiger charge is -2.33. The zero-order valence-corrected chi connectivity index (χ0v) is 27.0. The number of hydrogen-bond acceptors (Lipinski definition) is 7. The van der Waals surface area contributed by atoms with Crippen LogP contribution in [0.3, 0.4) is 0 Å². The van der Waals surface area contributed by atoms with Crippen LogP contribution in [-0.2, 0) is 30.3 Å². The average molecular weight is 626 g/mol. The Bertz CT molecular complexity index is 1180. The highest BCUT2D eigenvalue weighted by Gasteiger charge is 2.39. The van der Waals surface area contributed by atoms with Crippen LogP contribution in [0.15, 0.2) is 79.0 Å². The SMILES string of the molecule is CCC=CCC=CCC=CCC=CCC=CCCCC(=O)OC(C)(C)[C@H](OCCc1ccc(O)c(O)c1)C(=O)NCCC(=O)O. The van der Waals surface area contributed by atoms with Crippen LogP contribution in [0.2, 0.25) is 0 Å². The van der Waals surface area contributed by atoms with Gasteiger partial charge in [0.05, 0.1) is 13.0 Å². The van der Waals surface area contributed by atoms with Gasteiger partial charge in [0.2, 0.25) is 0 Å². The fourth-order valence-corrected chi connectivity index (χ4v) is 4.13. The minimum atomic E-state index is -1.33. The Morgan fingerprint density at radius 2 is 1.42 bits per heavy atom. The number of phenolic OH excluding ortho intramolecular Hbond substituents is 2. The molecule has 248 valence electrons. The van der Waals surface area contributed by atoms with Crippen molar-refractivity contribution in [3.8, 4) is 11.5 Å². The highest BCUT2D eigenvalue weighted by molar-refractivity contribution is 5.83. The first-order chi connectivity index (χ1) is 21.6. The maximum Gasteiger partial charge on any atom is 0.306 e. The molecule has 0 fully saturated rings. The summed E-state index contributed by atoms with van der Waals surface area (Å²) in [4.78, 5) is 36.4. The normalized spacial score (nSPS) is 13.0. The number of hydrogen-bond donors (Lipinski definition) is 4. The Morgan fingerprint density at radius 1 is 0.844 bits per heavy atom. The molecule has 0 aliphatic carbocycles. The molecule has 1 aromatic carbocycles. The number of phenols is 2. The summed E-state index contributed by atoms with van der Waals surface area (Å²) in [5, 5.41) is 30.6. The van der Waals surface area contributed by atoms with Gasteiger partial charge in [0, 0.05) is 13.0 Å². The van der Waals surface area contributed by atoms with Crippen molar-refractivity contribution in [1.82, 2.24) is 5.32 Å². The third-order valence-electron chi connectivity index (χ3n) is 6.51. The summed E-state index contributed by atoms with van der Waals surface area (Å²) in [6.45, 7) is 5.22. The molecule has 1 atom stereocenters. The van der Waals surface area contributed by atoms with Gasteiger partial charge < -0.3 is 30.1 Å². The molecule has 0 aromatic heterocycles. The van der Waals surface area contributed by atoms with Crippen LogP contribution in [0.1, 0.15) is 84.1 Å². The van der Waals surface area contributed by atoms with E-state index in [2.05, 4.69) is 66.9 Å². The van der Waals surface area contributed by atoms with Crippen molar-refractivity contribution >= 4 is 17.8 Å². The van der Waals surface area contributed by atoms with Crippen LogP contribution in [0, 0.1) is 0 Å². The average Bonchev–Trinajstić information content (AvgIpc) is 2.98. The topological polar surface area (TPSA) is 142 Å². The van der Waals surface area contributed by atoms with Crippen molar-refractivity contribution in [3.05, 3.63) is 84.5 Å². The minimum Gasteiger partial charge on any atom is -0.504 e. The van der Waals surface area contributed by atoms with Gasteiger partial charge in [0.15, 0.2) is 17.6 Å². The Hall–Kier alpha value is -4.11. The van der Waals surface area contributed by atoms with Crippen molar-refractivity contribution < 1.29 is 39.2 Å². The molecule has 0 radical (unpaired) electrons. The first-order valence-electron chi connectivity index (χ1n) is 15.7. The van der Waals surface area contributed by atoms with Crippen molar-refractivity contribution in [2.45, 2.75) is 96.7 Å². The molecule has 0 saturated carbocycles. The van der Waals surface area contributed by atoms with Gasteiger partial charge in [-0.05, 0) is 82.9 Å². The van der Waals surface area contributed by atoms with Gasteiger partial charge in [-0.25, -0.2) is 0 Å². The van der Waals surface area contributed by atoms with E-state index >= 15 is 0 Å². The maximum absolute atomic E-state index is 12.9. The van der Waals surface area contributed by atoms with Gasteiger partial charge >= 0.3 is 11.9 Å². The molecule has 1 amide bonds. The van der Waals surface area contributed by atoms with Gasteiger partial charge in [-0.3, -0.25) is 14.4 Å². The summed E-state index contributed by atoms with van der Waals surface area (Å²) in [6.07, 6.45) is 26.3. The van der Waals surface area contributed by atoms with E-state index in [1.54, 1.807) is 19.9 Å². The number of carbonyl (C=O) groups is 3. The lowest BCUT2D eigenvalue weighted by molar-refractivity contribution is -0.177. The number of carboxylic acids is 1. The van der Waals surface area contributed by atoms with Crippen LogP contribution in [-0.4, -0.2) is 58.0 Å². The number of amides is 1. The molecule has 0 spiro atoms. The van der Waals surface area contributed by atoms with Crippen molar-refractivity contribution in [2.24, 2.45) is 0 Å². The summed E-state index contributed by atoms with van der Waals surface area (Å²) >= 11 is 0. The van der Waals surface area contributed by atoms with Gasteiger partial charge in [0.1, 0.15) is 5.60 Å². The van der Waals surface area contributed by atoms with E-state index in [-0.39, 0.29) is 37.5 Å². The van der Waals surface area contributed by atoms with Crippen LogP contribution in [0.4, 0.5) is 0 Å². The Kier molecular flexibility index (Phi) is 20.1. The number of rotatable bonds is 23.